The summed E-state index contributed by atoms with van der Waals surface area (Å²) in [5, 5.41) is 2.22. The van der Waals surface area contributed by atoms with Crippen LogP contribution in [0.15, 0.2) is 65.1 Å². The molecule has 0 bridgehead atoms. The molecule has 0 unspecified atom stereocenters. The molecule has 1 fully saturated rings. The summed E-state index contributed by atoms with van der Waals surface area (Å²) in [6.07, 6.45) is 0. The van der Waals surface area contributed by atoms with Gasteiger partial charge in [0.25, 0.3) is 0 Å². The van der Waals surface area contributed by atoms with Gasteiger partial charge in [-0.15, -0.1) is 0 Å². The largest absolute Gasteiger partial charge is 0.494 e. The van der Waals surface area contributed by atoms with Crippen molar-refractivity contribution in [3.63, 3.8) is 0 Å². The van der Waals surface area contributed by atoms with E-state index in [2.05, 4.69) is 80.0 Å². The van der Waals surface area contributed by atoms with Crippen molar-refractivity contribution in [3.05, 3.63) is 70.7 Å². The van der Waals surface area contributed by atoms with Gasteiger partial charge in [0.2, 0.25) is 0 Å². The van der Waals surface area contributed by atoms with E-state index in [4.69, 9.17) is 14.0 Å². The van der Waals surface area contributed by atoms with Gasteiger partial charge in [-0.25, -0.2) is 0 Å². The molecule has 0 saturated carbocycles. The van der Waals surface area contributed by atoms with E-state index in [0.29, 0.717) is 6.61 Å². The van der Waals surface area contributed by atoms with Gasteiger partial charge in [-0.05, 0) is 71.5 Å². The summed E-state index contributed by atoms with van der Waals surface area (Å²) in [5.41, 5.74) is 1.48. The first kappa shape index (κ1) is 19.5. The smallest absolute Gasteiger partial charge is 0.488 e. The molecule has 0 N–H and O–H groups in total. The lowest BCUT2D eigenvalue weighted by molar-refractivity contribution is 0.00578. The number of benzene rings is 3. The van der Waals surface area contributed by atoms with Crippen LogP contribution in [0.3, 0.4) is 0 Å². The van der Waals surface area contributed by atoms with Gasteiger partial charge in [-0.1, -0.05) is 54.6 Å². The Morgan fingerprint density at radius 2 is 1.57 bits per heavy atom. The van der Waals surface area contributed by atoms with Crippen molar-refractivity contribution in [1.29, 1.82) is 0 Å². The quantitative estimate of drug-likeness (QED) is 0.504. The fourth-order valence-corrected chi connectivity index (χ4v) is 3.87. The number of halogens is 1. The fourth-order valence-electron chi connectivity index (χ4n) is 3.26. The van der Waals surface area contributed by atoms with Crippen LogP contribution in [0.2, 0.25) is 0 Å². The van der Waals surface area contributed by atoms with Crippen LogP contribution in [0.5, 0.6) is 5.75 Å². The van der Waals surface area contributed by atoms with Crippen molar-refractivity contribution in [2.24, 2.45) is 0 Å². The maximum atomic E-state index is 6.18. The molecule has 0 atom stereocenters. The molecule has 28 heavy (non-hydrogen) atoms. The maximum absolute atomic E-state index is 6.18. The second kappa shape index (κ2) is 7.22. The third-order valence-corrected chi connectivity index (χ3v) is 6.52. The van der Waals surface area contributed by atoms with Crippen molar-refractivity contribution in [2.75, 3.05) is 0 Å². The highest BCUT2D eigenvalue weighted by atomic mass is 79.9. The lowest BCUT2D eigenvalue weighted by Crippen LogP contribution is -2.41. The van der Waals surface area contributed by atoms with Gasteiger partial charge in [0.05, 0.1) is 15.7 Å². The van der Waals surface area contributed by atoms with Crippen LogP contribution in [0.4, 0.5) is 0 Å². The predicted molar refractivity (Wildman–Crippen MR) is 118 cm³/mol. The molecule has 1 saturated heterocycles. The molecule has 0 aromatic heterocycles. The number of fused-ring (bicyclic) bond motifs is 1. The number of hydrogen-bond acceptors (Lipinski definition) is 3. The molecule has 3 nitrogen and oxygen atoms in total. The molecule has 5 heteroatoms. The van der Waals surface area contributed by atoms with Crippen LogP contribution in [0.25, 0.3) is 10.8 Å². The highest BCUT2D eigenvalue weighted by Gasteiger charge is 2.51. The molecule has 0 amide bonds. The van der Waals surface area contributed by atoms with Crippen molar-refractivity contribution in [3.8, 4) is 5.75 Å². The summed E-state index contributed by atoms with van der Waals surface area (Å²) >= 11 is 3.71. The van der Waals surface area contributed by atoms with Crippen LogP contribution in [0, 0.1) is 0 Å². The molecule has 0 aliphatic carbocycles. The molecule has 1 aliphatic rings. The topological polar surface area (TPSA) is 27.7 Å². The van der Waals surface area contributed by atoms with Crippen molar-refractivity contribution >= 4 is 39.3 Å². The van der Waals surface area contributed by atoms with Crippen molar-refractivity contribution in [1.82, 2.24) is 0 Å². The van der Waals surface area contributed by atoms with Gasteiger partial charge >= 0.3 is 7.12 Å². The average Bonchev–Trinajstić information content (AvgIpc) is 2.89. The SMILES string of the molecule is CC1(C)OB(c2ccc3c(Br)c(OCc4ccccc4)ccc3c2)OC1(C)C. The Labute approximate surface area is 175 Å². The fraction of sp³-hybridized carbons (Fsp3) is 0.304. The Bertz CT molecular complexity index is 985. The van der Waals surface area contributed by atoms with Crippen molar-refractivity contribution in [2.45, 2.75) is 45.5 Å². The zero-order valence-corrected chi connectivity index (χ0v) is 18.2. The molecule has 0 radical (unpaired) electrons. The summed E-state index contributed by atoms with van der Waals surface area (Å²) in [5.74, 6) is 0.833. The van der Waals surface area contributed by atoms with E-state index >= 15 is 0 Å². The van der Waals surface area contributed by atoms with Crippen LogP contribution in [-0.4, -0.2) is 18.3 Å². The molecule has 1 aliphatic heterocycles. The van der Waals surface area contributed by atoms with Gasteiger partial charge in [0.1, 0.15) is 12.4 Å². The van der Waals surface area contributed by atoms with Gasteiger partial charge in [-0.3, -0.25) is 0 Å². The Morgan fingerprint density at radius 1 is 0.893 bits per heavy atom. The van der Waals surface area contributed by atoms with Crippen molar-refractivity contribution < 1.29 is 14.0 Å². The second-order valence-electron chi connectivity index (χ2n) is 8.22. The second-order valence-corrected chi connectivity index (χ2v) is 9.01. The standard InChI is InChI=1S/C23H24BBrO3/c1-22(2)23(3,4)28-24(27-22)18-11-12-19-17(14-18)10-13-20(21(19)25)26-15-16-8-6-5-7-9-16/h5-14H,15H2,1-4H3. The molecular weight excluding hydrogens is 415 g/mol. The summed E-state index contributed by atoms with van der Waals surface area (Å²) in [7, 11) is -0.359. The first-order valence-electron chi connectivity index (χ1n) is 9.51. The minimum absolute atomic E-state index is 0.345. The summed E-state index contributed by atoms with van der Waals surface area (Å²) < 4.78 is 19.3. The Hall–Kier alpha value is -1.82. The number of rotatable bonds is 4. The van der Waals surface area contributed by atoms with Gasteiger partial charge in [-0.2, -0.15) is 0 Å². The lowest BCUT2D eigenvalue weighted by atomic mass is 9.78. The molecule has 3 aromatic carbocycles. The molecule has 0 spiro atoms. The van der Waals surface area contributed by atoms with Gasteiger partial charge < -0.3 is 14.0 Å². The van der Waals surface area contributed by atoms with E-state index in [-0.39, 0.29) is 18.3 Å². The Kier molecular flexibility index (Phi) is 5.02. The monoisotopic (exact) mass is 438 g/mol. The van der Waals surface area contributed by atoms with E-state index in [1.165, 1.54) is 0 Å². The third-order valence-electron chi connectivity index (χ3n) is 5.71. The van der Waals surface area contributed by atoms with E-state index in [1.807, 2.05) is 24.3 Å². The van der Waals surface area contributed by atoms with E-state index < -0.39 is 0 Å². The Morgan fingerprint density at radius 3 is 2.25 bits per heavy atom. The highest BCUT2D eigenvalue weighted by Crippen LogP contribution is 2.37. The van der Waals surface area contributed by atoms with E-state index in [1.54, 1.807) is 0 Å². The first-order chi connectivity index (χ1) is 13.3. The first-order valence-corrected chi connectivity index (χ1v) is 10.3. The normalized spacial score (nSPS) is 17.8. The summed E-state index contributed by atoms with van der Waals surface area (Å²) in [6, 6.07) is 20.5. The van der Waals surface area contributed by atoms with Crippen LogP contribution in [-0.2, 0) is 15.9 Å². The third kappa shape index (κ3) is 3.59. The van der Waals surface area contributed by atoms with Crippen LogP contribution < -0.4 is 10.2 Å². The highest BCUT2D eigenvalue weighted by molar-refractivity contribution is 9.10. The zero-order valence-electron chi connectivity index (χ0n) is 16.7. The minimum atomic E-state index is -0.359. The zero-order chi connectivity index (χ0) is 19.9. The lowest BCUT2D eigenvalue weighted by Gasteiger charge is -2.32. The van der Waals surface area contributed by atoms with E-state index in [9.17, 15) is 0 Å². The predicted octanol–water partition coefficient (Wildman–Crippen LogP) is 5.48. The molecule has 1 heterocycles. The van der Waals surface area contributed by atoms with E-state index in [0.717, 1.165) is 32.0 Å². The molecule has 144 valence electrons. The van der Waals surface area contributed by atoms with Crippen LogP contribution in [0.1, 0.15) is 33.3 Å². The van der Waals surface area contributed by atoms with Gasteiger partial charge in [0.15, 0.2) is 0 Å². The maximum Gasteiger partial charge on any atom is 0.494 e. The average molecular weight is 439 g/mol. The summed E-state index contributed by atoms with van der Waals surface area (Å²) in [6.45, 7) is 8.82. The minimum Gasteiger partial charge on any atom is -0.488 e. The molecule has 4 rings (SSSR count). The Balaban J connectivity index is 1.58. The number of hydrogen-bond donors (Lipinski definition) is 0. The van der Waals surface area contributed by atoms with Gasteiger partial charge in [0, 0.05) is 0 Å². The molecular formula is C23H24BBrO3. The summed E-state index contributed by atoms with van der Waals surface area (Å²) in [4.78, 5) is 0. The molecule has 3 aromatic rings. The van der Waals surface area contributed by atoms with Crippen LogP contribution >= 0.6 is 15.9 Å². The number of ether oxygens (including phenoxy) is 1.